The molecule has 0 bridgehead atoms. The molecule has 1 aromatic heterocycles. The van der Waals surface area contributed by atoms with E-state index in [0.717, 1.165) is 34.6 Å². The Morgan fingerprint density at radius 2 is 2.22 bits per heavy atom. The highest BCUT2D eigenvalue weighted by atomic mass is 32.1. The van der Waals surface area contributed by atoms with Crippen molar-refractivity contribution in [2.24, 2.45) is 5.92 Å². The van der Waals surface area contributed by atoms with E-state index in [1.165, 1.54) is 11.3 Å². The molecule has 4 amide bonds. The molecule has 1 spiro atoms. The summed E-state index contributed by atoms with van der Waals surface area (Å²) >= 11 is 1.42. The van der Waals surface area contributed by atoms with E-state index in [4.69, 9.17) is 4.74 Å². The molecule has 5 rings (SSSR count). The number of fused-ring (bicyclic) bond motifs is 3. The summed E-state index contributed by atoms with van der Waals surface area (Å²) in [6.45, 7) is 2.04. The molecule has 3 heterocycles. The lowest BCUT2D eigenvalue weighted by Gasteiger charge is -2.33. The number of carbonyl (C=O) groups is 3. The number of ether oxygens (including phenoxy) is 1. The first-order valence-corrected chi connectivity index (χ1v) is 11.5. The summed E-state index contributed by atoms with van der Waals surface area (Å²) < 4.78 is 5.63. The zero-order valence-electron chi connectivity index (χ0n) is 17.6. The Morgan fingerprint density at radius 1 is 1.41 bits per heavy atom. The van der Waals surface area contributed by atoms with Crippen LogP contribution in [0.1, 0.15) is 41.3 Å². The molecule has 1 aliphatic carbocycles. The Labute approximate surface area is 189 Å². The highest BCUT2D eigenvalue weighted by Gasteiger charge is 2.55. The Kier molecular flexibility index (Phi) is 4.90. The van der Waals surface area contributed by atoms with E-state index in [1.54, 1.807) is 24.3 Å². The molecular formula is C23H22N4O4S. The number of urea groups is 1. The fraction of sp³-hybridized carbons (Fsp3) is 0.391. The lowest BCUT2D eigenvalue weighted by atomic mass is 9.84. The number of carbonyl (C=O) groups excluding carboxylic acids is 3. The van der Waals surface area contributed by atoms with Crippen LogP contribution in [0.25, 0.3) is 0 Å². The van der Waals surface area contributed by atoms with Crippen LogP contribution in [0.5, 0.6) is 5.75 Å². The quantitative estimate of drug-likeness (QED) is 0.699. The molecule has 1 aromatic carbocycles. The van der Waals surface area contributed by atoms with Gasteiger partial charge in [0.2, 0.25) is 5.91 Å². The first-order chi connectivity index (χ1) is 15.4. The van der Waals surface area contributed by atoms with E-state index in [2.05, 4.69) is 23.6 Å². The molecule has 164 valence electrons. The van der Waals surface area contributed by atoms with Crippen LogP contribution in [0.15, 0.2) is 24.3 Å². The maximum atomic E-state index is 13.3. The molecule has 2 N–H and O–H groups in total. The van der Waals surface area contributed by atoms with Gasteiger partial charge in [-0.3, -0.25) is 14.5 Å². The normalized spacial score (nSPS) is 23.8. The molecule has 0 radical (unpaired) electrons. The SMILES string of the molecule is CC1CCc2c(sc(NC(=O)CN3C(=O)NC4(CCOc5ccccc54)C3=O)c2C#N)C1. The van der Waals surface area contributed by atoms with Crippen LogP contribution < -0.4 is 15.4 Å². The summed E-state index contributed by atoms with van der Waals surface area (Å²) in [6, 6.07) is 8.71. The molecule has 0 saturated carbocycles. The zero-order chi connectivity index (χ0) is 22.5. The van der Waals surface area contributed by atoms with Gasteiger partial charge in [-0.15, -0.1) is 11.3 Å². The minimum atomic E-state index is -1.22. The first kappa shape index (κ1) is 20.5. The molecule has 9 heteroatoms. The highest BCUT2D eigenvalue weighted by molar-refractivity contribution is 7.16. The number of imide groups is 1. The third-order valence-electron chi connectivity index (χ3n) is 6.44. The van der Waals surface area contributed by atoms with E-state index in [-0.39, 0.29) is 6.61 Å². The van der Waals surface area contributed by atoms with Gasteiger partial charge in [0.1, 0.15) is 23.4 Å². The first-order valence-electron chi connectivity index (χ1n) is 10.6. The molecular weight excluding hydrogens is 428 g/mol. The number of hydrogen-bond acceptors (Lipinski definition) is 6. The van der Waals surface area contributed by atoms with Crippen molar-refractivity contribution < 1.29 is 19.1 Å². The number of nitriles is 1. The number of rotatable bonds is 3. The van der Waals surface area contributed by atoms with Gasteiger partial charge in [0.15, 0.2) is 5.54 Å². The van der Waals surface area contributed by atoms with Crippen molar-refractivity contribution in [1.82, 2.24) is 10.2 Å². The predicted octanol–water partition coefficient (Wildman–Crippen LogP) is 2.91. The predicted molar refractivity (Wildman–Crippen MR) is 117 cm³/mol. The fourth-order valence-corrected chi connectivity index (χ4v) is 6.16. The minimum Gasteiger partial charge on any atom is -0.493 e. The number of nitrogens with one attached hydrogen (secondary N) is 2. The van der Waals surface area contributed by atoms with Gasteiger partial charge in [-0.2, -0.15) is 5.26 Å². The van der Waals surface area contributed by atoms with Crippen molar-refractivity contribution in [2.75, 3.05) is 18.5 Å². The minimum absolute atomic E-state index is 0.285. The molecule has 1 fully saturated rings. The number of para-hydroxylation sites is 1. The second kappa shape index (κ2) is 7.64. The van der Waals surface area contributed by atoms with Crippen LogP contribution in [0.2, 0.25) is 0 Å². The average molecular weight is 451 g/mol. The van der Waals surface area contributed by atoms with Gasteiger partial charge in [0.25, 0.3) is 5.91 Å². The monoisotopic (exact) mass is 450 g/mol. The van der Waals surface area contributed by atoms with Crippen LogP contribution in [0.4, 0.5) is 9.80 Å². The number of nitrogens with zero attached hydrogens (tertiary/aromatic N) is 2. The summed E-state index contributed by atoms with van der Waals surface area (Å²) in [6.07, 6.45) is 3.02. The van der Waals surface area contributed by atoms with Crippen LogP contribution in [-0.2, 0) is 28.0 Å². The van der Waals surface area contributed by atoms with Gasteiger partial charge >= 0.3 is 6.03 Å². The third kappa shape index (κ3) is 3.14. The van der Waals surface area contributed by atoms with Gasteiger partial charge in [0.05, 0.1) is 12.2 Å². The van der Waals surface area contributed by atoms with Gasteiger partial charge in [-0.05, 0) is 36.8 Å². The third-order valence-corrected chi connectivity index (χ3v) is 7.61. The Morgan fingerprint density at radius 3 is 3.03 bits per heavy atom. The summed E-state index contributed by atoms with van der Waals surface area (Å²) in [5, 5.41) is 15.7. The van der Waals surface area contributed by atoms with E-state index in [1.807, 2.05) is 0 Å². The second-order valence-electron chi connectivity index (χ2n) is 8.54. The maximum Gasteiger partial charge on any atom is 0.325 e. The number of thiophene rings is 1. The van der Waals surface area contributed by atoms with E-state index < -0.39 is 29.9 Å². The molecule has 2 aromatic rings. The van der Waals surface area contributed by atoms with E-state index in [0.29, 0.717) is 34.2 Å². The molecule has 2 atom stereocenters. The van der Waals surface area contributed by atoms with Crippen LogP contribution in [0, 0.1) is 17.2 Å². The molecule has 3 aliphatic rings. The van der Waals surface area contributed by atoms with Crippen molar-refractivity contribution in [3.63, 3.8) is 0 Å². The van der Waals surface area contributed by atoms with Crippen molar-refractivity contribution in [2.45, 2.75) is 38.1 Å². The zero-order valence-corrected chi connectivity index (χ0v) is 18.4. The Hall–Kier alpha value is -3.38. The average Bonchev–Trinajstić information content (AvgIpc) is 3.23. The van der Waals surface area contributed by atoms with Crippen LogP contribution >= 0.6 is 11.3 Å². The van der Waals surface area contributed by atoms with E-state index in [9.17, 15) is 19.6 Å². The van der Waals surface area contributed by atoms with Gasteiger partial charge < -0.3 is 15.4 Å². The standard InChI is InChI=1S/C23H22N4O4S/c1-13-6-7-14-15(11-24)20(32-18(14)10-13)25-19(28)12-27-21(29)23(26-22(27)30)8-9-31-17-5-3-2-4-16(17)23/h2-5,13H,6-10,12H2,1H3,(H,25,28)(H,26,30). The lowest BCUT2D eigenvalue weighted by molar-refractivity contribution is -0.135. The highest BCUT2D eigenvalue weighted by Crippen LogP contribution is 2.41. The smallest absolute Gasteiger partial charge is 0.325 e. The number of benzene rings is 1. The van der Waals surface area contributed by atoms with E-state index >= 15 is 0 Å². The van der Waals surface area contributed by atoms with Crippen molar-refractivity contribution in [1.29, 1.82) is 5.26 Å². The lowest BCUT2D eigenvalue weighted by Crippen LogP contribution is -2.48. The molecule has 2 unspecified atom stereocenters. The van der Waals surface area contributed by atoms with Gasteiger partial charge in [-0.1, -0.05) is 25.1 Å². The fourth-order valence-electron chi connectivity index (χ4n) is 4.78. The number of anilines is 1. The number of amides is 4. The number of hydrogen-bond donors (Lipinski definition) is 2. The van der Waals surface area contributed by atoms with Crippen LogP contribution in [-0.4, -0.2) is 35.9 Å². The summed E-state index contributed by atoms with van der Waals surface area (Å²) in [5.41, 5.74) is 0.887. The van der Waals surface area contributed by atoms with Crippen LogP contribution in [0.3, 0.4) is 0 Å². The maximum absolute atomic E-state index is 13.3. The Balaban J connectivity index is 1.36. The molecule has 1 saturated heterocycles. The summed E-state index contributed by atoms with van der Waals surface area (Å²) in [4.78, 5) is 40.9. The molecule has 2 aliphatic heterocycles. The summed E-state index contributed by atoms with van der Waals surface area (Å²) in [7, 11) is 0. The Bertz CT molecular complexity index is 1180. The second-order valence-corrected chi connectivity index (χ2v) is 9.64. The van der Waals surface area contributed by atoms with Crippen molar-refractivity contribution in [3.8, 4) is 11.8 Å². The van der Waals surface area contributed by atoms with Crippen molar-refractivity contribution >= 4 is 34.2 Å². The van der Waals surface area contributed by atoms with Gasteiger partial charge in [-0.25, -0.2) is 4.79 Å². The molecule has 8 nitrogen and oxygen atoms in total. The van der Waals surface area contributed by atoms with Crippen molar-refractivity contribution in [3.05, 3.63) is 45.8 Å². The topological polar surface area (TPSA) is 112 Å². The van der Waals surface area contributed by atoms with Gasteiger partial charge in [0, 0.05) is 16.9 Å². The summed E-state index contributed by atoms with van der Waals surface area (Å²) in [5.74, 6) is 0.124. The molecule has 32 heavy (non-hydrogen) atoms. The largest absolute Gasteiger partial charge is 0.493 e.